The lowest BCUT2D eigenvalue weighted by Crippen LogP contribution is -1.91. The molecule has 1 heterocycles. The van der Waals surface area contributed by atoms with Gasteiger partial charge in [-0.1, -0.05) is 30.3 Å². The van der Waals surface area contributed by atoms with E-state index in [4.69, 9.17) is 10.00 Å². The average Bonchev–Trinajstić information content (AvgIpc) is 2.82. The lowest BCUT2D eigenvalue weighted by atomic mass is 10.2. The fraction of sp³-hybridized carbons (Fsp3) is 0.0833. The number of anilines is 1. The van der Waals surface area contributed by atoms with E-state index < -0.39 is 0 Å². The molecule has 0 amide bonds. The molecule has 6 heteroatoms. The molecule has 90 valence electrons. The molecule has 1 aromatic heterocycles. The Morgan fingerprint density at radius 3 is 2.89 bits per heavy atom. The standard InChI is InChI=1S/C12H10N4OS/c1-17-11-10(7-13)12(18-16-11)15-14-8-9-5-3-2-4-6-9/h2-6,8,15H,1H3. The second-order valence-electron chi connectivity index (χ2n) is 3.29. The Balaban J connectivity index is 2.09. The summed E-state index contributed by atoms with van der Waals surface area (Å²) in [7, 11) is 1.48. The van der Waals surface area contributed by atoms with Crippen molar-refractivity contribution in [2.24, 2.45) is 5.10 Å². The van der Waals surface area contributed by atoms with Crippen molar-refractivity contribution in [1.29, 1.82) is 5.26 Å². The summed E-state index contributed by atoms with van der Waals surface area (Å²) < 4.78 is 8.96. The van der Waals surface area contributed by atoms with E-state index in [1.165, 1.54) is 7.11 Å². The zero-order valence-corrected chi connectivity index (χ0v) is 10.4. The Bertz CT molecular complexity index is 586. The molecule has 0 radical (unpaired) electrons. The minimum Gasteiger partial charge on any atom is -0.479 e. The van der Waals surface area contributed by atoms with Crippen LogP contribution < -0.4 is 10.2 Å². The van der Waals surface area contributed by atoms with Gasteiger partial charge in [0.1, 0.15) is 6.07 Å². The van der Waals surface area contributed by atoms with Crippen molar-refractivity contribution in [3.8, 4) is 11.9 Å². The van der Waals surface area contributed by atoms with Crippen LogP contribution in [0.4, 0.5) is 5.00 Å². The SMILES string of the molecule is COc1nsc(NN=Cc2ccccc2)c1C#N. The largest absolute Gasteiger partial charge is 0.479 e. The molecule has 0 unspecified atom stereocenters. The van der Waals surface area contributed by atoms with Gasteiger partial charge in [0.05, 0.1) is 13.3 Å². The molecule has 0 spiro atoms. The molecule has 2 aromatic rings. The third-order valence-electron chi connectivity index (χ3n) is 2.15. The molecule has 1 aromatic carbocycles. The Morgan fingerprint density at radius 1 is 1.44 bits per heavy atom. The normalized spacial score (nSPS) is 10.2. The Hall–Kier alpha value is -2.39. The van der Waals surface area contributed by atoms with Crippen molar-refractivity contribution >= 4 is 22.7 Å². The van der Waals surface area contributed by atoms with Crippen LogP contribution in [0.2, 0.25) is 0 Å². The van der Waals surface area contributed by atoms with Gasteiger partial charge < -0.3 is 4.74 Å². The predicted octanol–water partition coefficient (Wildman–Crippen LogP) is 2.47. The molecule has 0 atom stereocenters. The number of hydrogen-bond donors (Lipinski definition) is 1. The lowest BCUT2D eigenvalue weighted by molar-refractivity contribution is 0.401. The van der Waals surface area contributed by atoms with Crippen molar-refractivity contribution in [3.63, 3.8) is 0 Å². The predicted molar refractivity (Wildman–Crippen MR) is 71.0 cm³/mol. The number of benzene rings is 1. The molecule has 0 aliphatic heterocycles. The summed E-state index contributed by atoms with van der Waals surface area (Å²) in [5.74, 6) is 0.319. The first-order valence-electron chi connectivity index (χ1n) is 5.13. The van der Waals surface area contributed by atoms with Gasteiger partial charge >= 0.3 is 0 Å². The third kappa shape index (κ3) is 2.64. The van der Waals surface area contributed by atoms with Gasteiger partial charge in [0.15, 0.2) is 10.6 Å². The lowest BCUT2D eigenvalue weighted by Gasteiger charge is -1.96. The van der Waals surface area contributed by atoms with Crippen LogP contribution in [0.25, 0.3) is 0 Å². The van der Waals surface area contributed by atoms with Crippen LogP contribution >= 0.6 is 11.5 Å². The molecule has 2 rings (SSSR count). The van der Waals surface area contributed by atoms with Gasteiger partial charge in [0, 0.05) is 0 Å². The number of methoxy groups -OCH3 is 1. The molecule has 0 fully saturated rings. The summed E-state index contributed by atoms with van der Waals surface area (Å²) >= 11 is 1.14. The first-order chi connectivity index (χ1) is 8.85. The first-order valence-corrected chi connectivity index (χ1v) is 5.90. The van der Waals surface area contributed by atoms with Crippen molar-refractivity contribution in [2.45, 2.75) is 0 Å². The van der Waals surface area contributed by atoms with Crippen molar-refractivity contribution in [3.05, 3.63) is 41.5 Å². The summed E-state index contributed by atoms with van der Waals surface area (Å²) in [5, 5.41) is 13.6. The highest BCUT2D eigenvalue weighted by molar-refractivity contribution is 7.10. The first kappa shape index (κ1) is 12.1. The summed E-state index contributed by atoms with van der Waals surface area (Å²) in [4.78, 5) is 0. The maximum atomic E-state index is 8.98. The Labute approximate surface area is 109 Å². The molecule has 18 heavy (non-hydrogen) atoms. The van der Waals surface area contributed by atoms with Crippen LogP contribution in [0.5, 0.6) is 5.88 Å². The van der Waals surface area contributed by atoms with Crippen LogP contribution in [0, 0.1) is 11.3 Å². The van der Waals surface area contributed by atoms with Gasteiger partial charge in [-0.25, -0.2) is 0 Å². The highest BCUT2D eigenvalue weighted by Crippen LogP contribution is 2.29. The smallest absolute Gasteiger partial charge is 0.245 e. The van der Waals surface area contributed by atoms with E-state index in [0.717, 1.165) is 17.1 Å². The monoisotopic (exact) mass is 258 g/mol. The molecule has 0 saturated heterocycles. The average molecular weight is 258 g/mol. The van der Waals surface area contributed by atoms with Crippen LogP contribution in [0.1, 0.15) is 11.1 Å². The third-order valence-corrected chi connectivity index (χ3v) is 2.88. The number of nitrogens with one attached hydrogen (secondary N) is 1. The zero-order chi connectivity index (χ0) is 12.8. The van der Waals surface area contributed by atoms with Crippen molar-refractivity contribution < 1.29 is 4.74 Å². The minimum absolute atomic E-state index is 0.319. The number of nitriles is 1. The van der Waals surface area contributed by atoms with Gasteiger partial charge in [0.25, 0.3) is 0 Å². The van der Waals surface area contributed by atoms with Crippen molar-refractivity contribution in [2.75, 3.05) is 12.5 Å². The number of aromatic nitrogens is 1. The highest BCUT2D eigenvalue weighted by atomic mass is 32.1. The van der Waals surface area contributed by atoms with Crippen LogP contribution in [-0.2, 0) is 0 Å². The van der Waals surface area contributed by atoms with E-state index in [9.17, 15) is 0 Å². The van der Waals surface area contributed by atoms with E-state index in [2.05, 4.69) is 14.9 Å². The van der Waals surface area contributed by atoms with Gasteiger partial charge in [-0.3, -0.25) is 5.43 Å². The van der Waals surface area contributed by atoms with E-state index in [-0.39, 0.29) is 0 Å². The second kappa shape index (κ2) is 5.80. The van der Waals surface area contributed by atoms with Crippen molar-refractivity contribution in [1.82, 2.24) is 4.37 Å². The maximum absolute atomic E-state index is 8.98. The maximum Gasteiger partial charge on any atom is 0.245 e. The summed E-state index contributed by atoms with van der Waals surface area (Å²) in [6, 6.07) is 11.7. The Morgan fingerprint density at radius 2 is 2.22 bits per heavy atom. The fourth-order valence-electron chi connectivity index (χ4n) is 1.29. The number of hydrazone groups is 1. The molecule has 5 nitrogen and oxygen atoms in total. The van der Waals surface area contributed by atoms with Gasteiger partial charge in [-0.2, -0.15) is 14.7 Å². The summed E-state index contributed by atoms with van der Waals surface area (Å²) in [6.45, 7) is 0. The minimum atomic E-state index is 0.319. The van der Waals surface area contributed by atoms with Crippen LogP contribution in [-0.4, -0.2) is 17.7 Å². The summed E-state index contributed by atoms with van der Waals surface area (Å²) in [5.41, 5.74) is 4.13. The number of ether oxygens (including phenoxy) is 1. The molecular weight excluding hydrogens is 248 g/mol. The van der Waals surface area contributed by atoms with Gasteiger partial charge in [-0.15, -0.1) is 0 Å². The highest BCUT2D eigenvalue weighted by Gasteiger charge is 2.12. The quantitative estimate of drug-likeness (QED) is 0.675. The van der Waals surface area contributed by atoms with E-state index in [0.29, 0.717) is 16.4 Å². The molecule has 0 saturated carbocycles. The Kier molecular flexibility index (Phi) is 3.89. The topological polar surface area (TPSA) is 70.3 Å². The molecule has 0 aliphatic carbocycles. The molecule has 0 bridgehead atoms. The molecule has 1 N–H and O–H groups in total. The molecular formula is C12H10N4OS. The molecule has 0 aliphatic rings. The van der Waals surface area contributed by atoms with Crippen LogP contribution in [0.15, 0.2) is 35.4 Å². The van der Waals surface area contributed by atoms with E-state index >= 15 is 0 Å². The number of rotatable bonds is 4. The number of nitrogens with zero attached hydrogens (tertiary/aromatic N) is 3. The van der Waals surface area contributed by atoms with Gasteiger partial charge in [0.2, 0.25) is 5.88 Å². The van der Waals surface area contributed by atoms with Crippen LogP contribution in [0.3, 0.4) is 0 Å². The van der Waals surface area contributed by atoms with Gasteiger partial charge in [-0.05, 0) is 17.1 Å². The van der Waals surface area contributed by atoms with E-state index in [1.807, 2.05) is 36.4 Å². The summed E-state index contributed by atoms with van der Waals surface area (Å²) in [6.07, 6.45) is 1.67. The number of hydrogen-bond acceptors (Lipinski definition) is 6. The zero-order valence-electron chi connectivity index (χ0n) is 9.62. The fourth-order valence-corrected chi connectivity index (χ4v) is 1.95. The van der Waals surface area contributed by atoms with E-state index in [1.54, 1.807) is 6.21 Å². The second-order valence-corrected chi connectivity index (χ2v) is 4.06.